The van der Waals surface area contributed by atoms with Crippen LogP contribution in [0.2, 0.25) is 5.02 Å². The van der Waals surface area contributed by atoms with Gasteiger partial charge in [-0.1, -0.05) is 49.7 Å². The Balaban J connectivity index is 1.57. The Bertz CT molecular complexity index is 1200. The number of carbonyl (C=O) groups excluding carboxylic acids is 2. The molecule has 3 aromatic rings. The lowest BCUT2D eigenvalue weighted by molar-refractivity contribution is -0.136. The molecule has 3 aromatic carbocycles. The van der Waals surface area contributed by atoms with Crippen LogP contribution in [-0.2, 0) is 16.0 Å². The van der Waals surface area contributed by atoms with Gasteiger partial charge in [0.05, 0.1) is 6.04 Å². The number of hydrogen-bond acceptors (Lipinski definition) is 3. The van der Waals surface area contributed by atoms with Gasteiger partial charge >= 0.3 is 0 Å². The summed E-state index contributed by atoms with van der Waals surface area (Å²) in [4.78, 5) is 27.2. The smallest absolute Gasteiger partial charge is 0.262 e. The minimum absolute atomic E-state index is 0.0344. The third-order valence-corrected chi connectivity index (χ3v) is 6.02. The van der Waals surface area contributed by atoms with Crippen molar-refractivity contribution in [3.8, 4) is 5.75 Å². The van der Waals surface area contributed by atoms with Crippen LogP contribution in [0.15, 0.2) is 66.7 Å². The molecule has 1 N–H and O–H groups in total. The van der Waals surface area contributed by atoms with Crippen LogP contribution in [-0.4, -0.2) is 29.9 Å². The van der Waals surface area contributed by atoms with E-state index in [4.69, 9.17) is 16.3 Å². The topological polar surface area (TPSA) is 58.6 Å². The van der Waals surface area contributed by atoms with Gasteiger partial charge in [-0.2, -0.15) is 0 Å². The summed E-state index contributed by atoms with van der Waals surface area (Å²) in [6, 6.07) is 18.4. The second-order valence-corrected chi connectivity index (χ2v) is 9.03. The summed E-state index contributed by atoms with van der Waals surface area (Å²) in [5.74, 6) is -0.256. The third kappa shape index (κ3) is 5.39. The number of carbonyl (C=O) groups is 2. The van der Waals surface area contributed by atoms with Crippen molar-refractivity contribution in [1.82, 2.24) is 4.90 Å². The van der Waals surface area contributed by atoms with Crippen LogP contribution < -0.4 is 10.1 Å². The van der Waals surface area contributed by atoms with Crippen LogP contribution in [0.1, 0.15) is 36.6 Å². The van der Waals surface area contributed by atoms with Crippen LogP contribution >= 0.6 is 11.6 Å². The molecule has 2 amide bonds. The van der Waals surface area contributed by atoms with Crippen molar-refractivity contribution >= 4 is 29.1 Å². The molecule has 1 aliphatic rings. The van der Waals surface area contributed by atoms with E-state index in [1.54, 1.807) is 36.4 Å². The summed E-state index contributed by atoms with van der Waals surface area (Å²) in [5, 5.41) is 3.28. The van der Waals surface area contributed by atoms with Crippen molar-refractivity contribution in [2.24, 2.45) is 5.92 Å². The van der Waals surface area contributed by atoms with Crippen LogP contribution in [0.4, 0.5) is 10.1 Å². The van der Waals surface area contributed by atoms with Gasteiger partial charge in [0, 0.05) is 23.2 Å². The first-order chi connectivity index (χ1) is 16.3. The normalized spacial score (nSPS) is 15.1. The van der Waals surface area contributed by atoms with Gasteiger partial charge in [-0.15, -0.1) is 0 Å². The highest BCUT2D eigenvalue weighted by atomic mass is 35.5. The van der Waals surface area contributed by atoms with Gasteiger partial charge in [-0.05, 0) is 65.6 Å². The average Bonchev–Trinajstić information content (AvgIpc) is 2.82. The van der Waals surface area contributed by atoms with Crippen molar-refractivity contribution in [2.75, 3.05) is 18.5 Å². The van der Waals surface area contributed by atoms with Gasteiger partial charge in [0.15, 0.2) is 6.61 Å². The molecule has 0 saturated heterocycles. The monoisotopic (exact) mass is 480 g/mol. The molecule has 1 heterocycles. The molecule has 5 nitrogen and oxygen atoms in total. The summed E-state index contributed by atoms with van der Waals surface area (Å²) in [6.07, 6.45) is 0.709. The maximum Gasteiger partial charge on any atom is 0.262 e. The molecule has 1 atom stereocenters. The van der Waals surface area contributed by atoms with Crippen molar-refractivity contribution in [3.63, 3.8) is 0 Å². The highest BCUT2D eigenvalue weighted by Gasteiger charge is 2.33. The van der Waals surface area contributed by atoms with Crippen LogP contribution in [0.3, 0.4) is 0 Å². The molecular formula is C27H26ClFN2O3. The van der Waals surface area contributed by atoms with Crippen molar-refractivity contribution in [2.45, 2.75) is 26.3 Å². The lowest BCUT2D eigenvalue weighted by Crippen LogP contribution is -2.42. The summed E-state index contributed by atoms with van der Waals surface area (Å²) < 4.78 is 19.4. The van der Waals surface area contributed by atoms with Crippen LogP contribution in [0.25, 0.3) is 0 Å². The molecule has 0 bridgehead atoms. The largest absolute Gasteiger partial charge is 0.484 e. The first-order valence-corrected chi connectivity index (χ1v) is 11.6. The Kier molecular flexibility index (Phi) is 7.17. The predicted octanol–water partition coefficient (Wildman–Crippen LogP) is 5.63. The van der Waals surface area contributed by atoms with Crippen LogP contribution in [0, 0.1) is 11.7 Å². The standard InChI is InChI=1S/C27H26ClFN2O3/c1-17(2)27(33)31-13-12-18-8-11-23(15-24(18)26(31)19-6-9-21(29)10-7-19)34-16-25(32)30-22-5-3-4-20(28)14-22/h3-11,14-15,17,26H,12-13,16H2,1-2H3,(H,30,32)/t26-/m1/s1. The summed E-state index contributed by atoms with van der Waals surface area (Å²) in [5.41, 5.74) is 3.43. The zero-order chi connectivity index (χ0) is 24.2. The highest BCUT2D eigenvalue weighted by molar-refractivity contribution is 6.30. The molecule has 0 unspecified atom stereocenters. The van der Waals surface area contributed by atoms with E-state index in [9.17, 15) is 14.0 Å². The van der Waals surface area contributed by atoms with Gasteiger partial charge in [-0.25, -0.2) is 4.39 Å². The summed E-state index contributed by atoms with van der Waals surface area (Å²) in [7, 11) is 0. The van der Waals surface area contributed by atoms with Gasteiger partial charge in [0.2, 0.25) is 5.91 Å². The maximum atomic E-state index is 13.6. The second-order valence-electron chi connectivity index (χ2n) is 8.60. The molecule has 4 rings (SSSR count). The molecule has 0 fully saturated rings. The summed E-state index contributed by atoms with van der Waals surface area (Å²) >= 11 is 5.96. The Morgan fingerprint density at radius 3 is 2.59 bits per heavy atom. The molecule has 0 radical (unpaired) electrons. The Morgan fingerprint density at radius 2 is 1.88 bits per heavy atom. The molecule has 0 aliphatic carbocycles. The number of benzene rings is 3. The van der Waals surface area contributed by atoms with Gasteiger partial charge in [0.1, 0.15) is 11.6 Å². The number of nitrogens with zero attached hydrogens (tertiary/aromatic N) is 1. The number of rotatable bonds is 6. The van der Waals surface area contributed by atoms with E-state index in [0.29, 0.717) is 29.4 Å². The predicted molar refractivity (Wildman–Crippen MR) is 131 cm³/mol. The Labute approximate surface area is 203 Å². The van der Waals surface area contributed by atoms with Gasteiger partial charge < -0.3 is 15.0 Å². The van der Waals surface area contributed by atoms with E-state index in [2.05, 4.69) is 5.32 Å². The lowest BCUT2D eigenvalue weighted by atomic mass is 9.87. The first kappa shape index (κ1) is 23.8. The highest BCUT2D eigenvalue weighted by Crippen LogP contribution is 2.38. The molecule has 7 heteroatoms. The van der Waals surface area contributed by atoms with Crippen molar-refractivity contribution in [3.05, 3.63) is 94.3 Å². The molecule has 34 heavy (non-hydrogen) atoms. The minimum Gasteiger partial charge on any atom is -0.484 e. The van der Waals surface area contributed by atoms with E-state index in [1.165, 1.54) is 12.1 Å². The van der Waals surface area contributed by atoms with E-state index in [0.717, 1.165) is 16.7 Å². The SMILES string of the molecule is CC(C)C(=O)N1CCc2ccc(OCC(=O)Nc3cccc(Cl)c3)cc2[C@H]1c1ccc(F)cc1. The molecule has 0 aromatic heterocycles. The maximum absolute atomic E-state index is 13.6. The van der Waals surface area contributed by atoms with E-state index in [1.807, 2.05) is 36.9 Å². The fraction of sp³-hybridized carbons (Fsp3) is 0.259. The molecule has 0 spiro atoms. The fourth-order valence-electron chi connectivity index (χ4n) is 4.17. The number of amides is 2. The Hall–Kier alpha value is -3.38. The van der Waals surface area contributed by atoms with E-state index >= 15 is 0 Å². The number of fused-ring (bicyclic) bond motifs is 1. The molecule has 176 valence electrons. The van der Waals surface area contributed by atoms with Crippen LogP contribution in [0.5, 0.6) is 5.75 Å². The summed E-state index contributed by atoms with van der Waals surface area (Å²) in [6.45, 7) is 4.14. The van der Waals surface area contributed by atoms with Crippen molar-refractivity contribution in [1.29, 1.82) is 0 Å². The molecular weight excluding hydrogens is 455 g/mol. The quantitative estimate of drug-likeness (QED) is 0.497. The lowest BCUT2D eigenvalue weighted by Gasteiger charge is -2.39. The fourth-order valence-corrected chi connectivity index (χ4v) is 4.36. The average molecular weight is 481 g/mol. The molecule has 0 saturated carbocycles. The number of halogens is 2. The van der Waals surface area contributed by atoms with Crippen molar-refractivity contribution < 1.29 is 18.7 Å². The number of nitrogens with one attached hydrogen (secondary N) is 1. The van der Waals surface area contributed by atoms with E-state index < -0.39 is 0 Å². The number of anilines is 1. The zero-order valence-electron chi connectivity index (χ0n) is 19.1. The minimum atomic E-state index is -0.358. The molecule has 1 aliphatic heterocycles. The second kappa shape index (κ2) is 10.3. The zero-order valence-corrected chi connectivity index (χ0v) is 19.8. The number of ether oxygens (including phenoxy) is 1. The van der Waals surface area contributed by atoms with E-state index in [-0.39, 0.29) is 36.2 Å². The first-order valence-electron chi connectivity index (χ1n) is 11.2. The Morgan fingerprint density at radius 1 is 1.12 bits per heavy atom. The third-order valence-electron chi connectivity index (χ3n) is 5.79. The van der Waals surface area contributed by atoms with Gasteiger partial charge in [0.25, 0.3) is 5.91 Å². The van der Waals surface area contributed by atoms with Gasteiger partial charge in [-0.3, -0.25) is 9.59 Å². The number of hydrogen-bond donors (Lipinski definition) is 1.